The van der Waals surface area contributed by atoms with Crippen LogP contribution in [-0.2, 0) is 47.5 Å². The molecule has 0 bridgehead atoms. The minimum absolute atomic E-state index is 0.0510. The molecule has 5 aliphatic carbocycles. The number of allylic oxidation sites excluding steroid dienone is 1. The number of carbonyl (C=O) groups is 2. The van der Waals surface area contributed by atoms with E-state index in [0.717, 1.165) is 5.57 Å². The molecule has 24 heteroatoms. The number of hydrogen-bond acceptors (Lipinski definition) is 23. The van der Waals surface area contributed by atoms with Crippen LogP contribution in [0.25, 0.3) is 0 Å². The molecule has 14 N–H and O–H groups in total. The van der Waals surface area contributed by atoms with Gasteiger partial charge in [-0.1, -0.05) is 39.3 Å². The average Bonchev–Trinajstić information content (AvgIpc) is 3.55. The van der Waals surface area contributed by atoms with Gasteiger partial charge in [-0.15, -0.1) is 0 Å². The number of rotatable bonds is 11. The Morgan fingerprint density at radius 1 is 0.623 bits per heavy atom. The van der Waals surface area contributed by atoms with Gasteiger partial charge in [-0.05, 0) is 113 Å². The topological polar surface area (TPSA) is 391 Å². The molecule has 77 heavy (non-hydrogen) atoms. The standard InChI is InChI=1S/C53H84O24/c1-21-30(58)34(62)40(75-43-38(66)35(63)39(22(2)72-43)74-42-36(64)31(59)26(57)19-70-42)45(71-21)77-47(69)52-13-12-48(3,4)16-24(52)23-8-9-28-49(5)17-25(56)41(76-44-37(65)33(61)32(60)27(18-54)73-44)51(7,46(67)68)29(49)10-11-50(28,6)53(23,20-55)15-14-52/h8,21-22,24-45,54-66H,9-20H2,1-7H3,(H,67,68)/t21-,22+,24+,25+,26-,27-,28-,29-,30+,31+,32-,33+,34+,35+,36-,37-,38-,39+,40-,41+,42+,43+,44+,45+,49-,50-,51+,52+,53+/m1/s1. The van der Waals surface area contributed by atoms with E-state index in [0.29, 0.717) is 44.9 Å². The highest BCUT2D eigenvalue weighted by atomic mass is 16.8. The Bertz CT molecular complexity index is 2180. The molecule has 4 saturated carbocycles. The predicted octanol–water partition coefficient (Wildman–Crippen LogP) is -2.33. The Morgan fingerprint density at radius 2 is 1.23 bits per heavy atom. The quantitative estimate of drug-likeness (QED) is 0.0586. The summed E-state index contributed by atoms with van der Waals surface area (Å²) < 4.78 is 47.3. The van der Waals surface area contributed by atoms with Crippen LogP contribution in [0.1, 0.15) is 106 Å². The minimum Gasteiger partial charge on any atom is -0.481 e. The molecular formula is C53H84O24. The lowest BCUT2D eigenvalue weighted by Gasteiger charge is -2.71. The maximum atomic E-state index is 15.4. The molecule has 9 aliphatic rings. The van der Waals surface area contributed by atoms with Crippen molar-refractivity contribution in [2.75, 3.05) is 19.8 Å². The fourth-order valence-corrected chi connectivity index (χ4v) is 16.4. The summed E-state index contributed by atoms with van der Waals surface area (Å²) in [6.45, 7) is 11.3. The molecule has 9 rings (SSSR count). The number of carbonyl (C=O) groups excluding carboxylic acids is 1. The van der Waals surface area contributed by atoms with E-state index in [4.69, 9.17) is 37.9 Å². The molecule has 0 aromatic rings. The van der Waals surface area contributed by atoms with Crippen LogP contribution in [0.4, 0.5) is 0 Å². The zero-order chi connectivity index (χ0) is 56.4. The third kappa shape index (κ3) is 9.37. The van der Waals surface area contributed by atoms with Crippen molar-refractivity contribution in [3.63, 3.8) is 0 Å². The summed E-state index contributed by atoms with van der Waals surface area (Å²) in [7, 11) is 0. The average molecular weight is 1110 g/mol. The smallest absolute Gasteiger partial charge is 0.315 e. The van der Waals surface area contributed by atoms with Crippen LogP contribution < -0.4 is 0 Å². The van der Waals surface area contributed by atoms with E-state index in [1.165, 1.54) is 20.8 Å². The lowest BCUT2D eigenvalue weighted by Crippen LogP contribution is -2.71. The maximum Gasteiger partial charge on any atom is 0.315 e. The molecule has 24 nitrogen and oxygen atoms in total. The van der Waals surface area contributed by atoms with Gasteiger partial charge >= 0.3 is 11.9 Å². The number of carboxylic acids is 1. The molecular weight excluding hydrogens is 1020 g/mol. The summed E-state index contributed by atoms with van der Waals surface area (Å²) in [5.41, 5.74) is -4.96. The van der Waals surface area contributed by atoms with E-state index in [2.05, 4.69) is 26.8 Å². The summed E-state index contributed by atoms with van der Waals surface area (Å²) in [5, 5.41) is 153. The van der Waals surface area contributed by atoms with E-state index in [9.17, 15) is 76.3 Å². The van der Waals surface area contributed by atoms with Crippen LogP contribution in [0.15, 0.2) is 11.6 Å². The van der Waals surface area contributed by atoms with Crippen LogP contribution in [0, 0.1) is 50.2 Å². The highest BCUT2D eigenvalue weighted by Gasteiger charge is 2.74. The lowest BCUT2D eigenvalue weighted by atomic mass is 9.33. The number of aliphatic hydroxyl groups is 13. The molecule has 0 amide bonds. The van der Waals surface area contributed by atoms with Gasteiger partial charge in [-0.3, -0.25) is 9.59 Å². The second kappa shape index (κ2) is 21.3. The SMILES string of the molecule is C[C@@H]1O[C@@H](O[C@H]2[C@H](OC(=O)[C@]34CCC(C)(C)C[C@H]3C3=CC[C@@H]5[C@@]6(C)C[C@H](O)[C@H](O[C@@H]7O[C@H](CO)[C@@H](O)[C@H](O)[C@H]7O)[C@@](C)(C(=O)O)[C@@H]6CC[C@@]5(C)[C@]3(CO)CC4)O[C@H](C)[C@H](O)[C@@H]2O)[C@H](O)[C@H](O)[C@H]1O[C@@H]1OC[C@@H](O)[C@H](O)[C@H]1O. The highest BCUT2D eigenvalue weighted by molar-refractivity contribution is 5.79. The van der Waals surface area contributed by atoms with Crippen molar-refractivity contribution in [3.8, 4) is 0 Å². The zero-order valence-electron chi connectivity index (χ0n) is 44.8. The molecule has 4 heterocycles. The van der Waals surface area contributed by atoms with Crippen molar-refractivity contribution in [2.45, 2.75) is 235 Å². The van der Waals surface area contributed by atoms with Gasteiger partial charge in [0.2, 0.25) is 6.29 Å². The van der Waals surface area contributed by atoms with Gasteiger partial charge in [0.1, 0.15) is 79.4 Å². The Hall–Kier alpha value is -2.12. The first-order valence-corrected chi connectivity index (χ1v) is 27.4. The van der Waals surface area contributed by atoms with Crippen LogP contribution in [-0.4, -0.2) is 232 Å². The van der Waals surface area contributed by atoms with Crippen molar-refractivity contribution in [3.05, 3.63) is 11.6 Å². The Labute approximate surface area is 446 Å². The van der Waals surface area contributed by atoms with Gasteiger partial charge in [0.05, 0.1) is 49.0 Å². The molecule has 440 valence electrons. The molecule has 4 saturated heterocycles. The van der Waals surface area contributed by atoms with E-state index in [1.54, 1.807) is 0 Å². The number of aliphatic carboxylic acids is 1. The predicted molar refractivity (Wildman–Crippen MR) is 259 cm³/mol. The van der Waals surface area contributed by atoms with E-state index >= 15 is 4.79 Å². The van der Waals surface area contributed by atoms with E-state index < -0.39 is 193 Å². The van der Waals surface area contributed by atoms with Crippen LogP contribution in [0.3, 0.4) is 0 Å². The van der Waals surface area contributed by atoms with Gasteiger partial charge in [-0.25, -0.2) is 0 Å². The number of aliphatic hydroxyl groups excluding tert-OH is 13. The van der Waals surface area contributed by atoms with Gasteiger partial charge < -0.3 is 109 Å². The van der Waals surface area contributed by atoms with Crippen molar-refractivity contribution in [1.82, 2.24) is 0 Å². The van der Waals surface area contributed by atoms with E-state index in [1.807, 2.05) is 6.92 Å². The largest absolute Gasteiger partial charge is 0.481 e. The third-order valence-electron chi connectivity index (χ3n) is 21.0. The molecule has 8 fully saturated rings. The van der Waals surface area contributed by atoms with Crippen LogP contribution in [0.5, 0.6) is 0 Å². The third-order valence-corrected chi connectivity index (χ3v) is 21.0. The Morgan fingerprint density at radius 3 is 1.90 bits per heavy atom. The number of ether oxygens (including phenoxy) is 8. The number of carboxylic acid groups (broad SMARTS) is 1. The summed E-state index contributed by atoms with van der Waals surface area (Å²) >= 11 is 0. The Kier molecular flexibility index (Phi) is 16.4. The molecule has 0 spiro atoms. The van der Waals surface area contributed by atoms with Crippen molar-refractivity contribution < 1.29 is 119 Å². The fraction of sp³-hybridized carbons (Fsp3) is 0.925. The number of hydrogen-bond donors (Lipinski definition) is 14. The summed E-state index contributed by atoms with van der Waals surface area (Å²) in [6.07, 6.45) is -27.9. The van der Waals surface area contributed by atoms with E-state index in [-0.39, 0.29) is 30.8 Å². The molecule has 4 aliphatic heterocycles. The Balaban J connectivity index is 0.978. The van der Waals surface area contributed by atoms with Crippen LogP contribution in [0.2, 0.25) is 0 Å². The molecule has 0 aromatic carbocycles. The highest BCUT2D eigenvalue weighted by Crippen LogP contribution is 2.76. The minimum atomic E-state index is -1.90. The van der Waals surface area contributed by atoms with Crippen molar-refractivity contribution in [1.29, 1.82) is 0 Å². The lowest BCUT2D eigenvalue weighted by molar-refractivity contribution is -0.373. The summed E-state index contributed by atoms with van der Waals surface area (Å²) in [6, 6.07) is 0. The normalized spacial score (nSPS) is 54.6. The fourth-order valence-electron chi connectivity index (χ4n) is 16.4. The summed E-state index contributed by atoms with van der Waals surface area (Å²) in [4.78, 5) is 29.1. The molecule has 0 aromatic heterocycles. The summed E-state index contributed by atoms with van der Waals surface area (Å²) in [5.74, 6) is -3.40. The van der Waals surface area contributed by atoms with Gasteiger partial charge in [-0.2, -0.15) is 0 Å². The monoisotopic (exact) mass is 1100 g/mol. The molecule has 0 radical (unpaired) electrons. The van der Waals surface area contributed by atoms with Gasteiger partial charge in [0, 0.05) is 5.41 Å². The van der Waals surface area contributed by atoms with Crippen molar-refractivity contribution in [2.24, 2.45) is 50.2 Å². The maximum absolute atomic E-state index is 15.4. The first kappa shape index (κ1) is 59.5. The molecule has 29 atom stereocenters. The number of esters is 1. The van der Waals surface area contributed by atoms with Crippen molar-refractivity contribution >= 4 is 11.9 Å². The van der Waals surface area contributed by atoms with Gasteiger partial charge in [0.25, 0.3) is 0 Å². The molecule has 0 unspecified atom stereocenters. The van der Waals surface area contributed by atoms with Gasteiger partial charge in [0.15, 0.2) is 25.0 Å². The second-order valence-corrected chi connectivity index (χ2v) is 25.6. The second-order valence-electron chi connectivity index (χ2n) is 25.6. The zero-order valence-corrected chi connectivity index (χ0v) is 44.8. The number of fused-ring (bicyclic) bond motifs is 7. The van der Waals surface area contributed by atoms with Crippen LogP contribution >= 0.6 is 0 Å². The first-order chi connectivity index (χ1) is 36.0. The first-order valence-electron chi connectivity index (χ1n) is 27.4.